The van der Waals surface area contributed by atoms with Crippen molar-refractivity contribution in [2.45, 2.75) is 169 Å². The van der Waals surface area contributed by atoms with Crippen LogP contribution in [0.5, 0.6) is 0 Å². The Kier molecular flexibility index (Phi) is 33.9. The summed E-state index contributed by atoms with van der Waals surface area (Å²) >= 11 is 11.9. The highest BCUT2D eigenvalue weighted by Crippen LogP contribution is 2.18. The Morgan fingerprint density at radius 3 is 1.24 bits per heavy atom. The molecule has 67 heavy (non-hydrogen) atoms. The van der Waals surface area contributed by atoms with E-state index in [0.717, 1.165) is 59.5 Å². The van der Waals surface area contributed by atoms with Crippen LogP contribution in [-0.2, 0) is 26.1 Å². The van der Waals surface area contributed by atoms with E-state index in [1.165, 1.54) is 109 Å². The Morgan fingerprint density at radius 2 is 0.851 bits per heavy atom. The lowest BCUT2D eigenvalue weighted by atomic mass is 10.1. The first-order valence-corrected chi connectivity index (χ1v) is 25.1. The number of aromatic carboxylic acids is 1. The summed E-state index contributed by atoms with van der Waals surface area (Å²) in [6.45, 7) is 11.8. The molecule has 6 rings (SSSR count). The van der Waals surface area contributed by atoms with Crippen LogP contribution in [0.1, 0.15) is 159 Å². The number of carbonyl (C=O) groups is 1. The van der Waals surface area contributed by atoms with Crippen molar-refractivity contribution in [1.29, 1.82) is 0 Å². The number of carboxylic acid groups (broad SMARTS) is 1. The molecule has 3 aromatic heterocycles. The summed E-state index contributed by atoms with van der Waals surface area (Å²) in [6, 6.07) is 21.5. The van der Waals surface area contributed by atoms with E-state index in [1.54, 1.807) is 6.07 Å². The third kappa shape index (κ3) is 23.8. The molecule has 0 aliphatic rings. The molecule has 3 heterocycles. The van der Waals surface area contributed by atoms with Crippen molar-refractivity contribution in [1.82, 2.24) is 13.7 Å². The van der Waals surface area contributed by atoms with Gasteiger partial charge in [0.1, 0.15) is 59.8 Å². The first-order valence-electron chi connectivity index (χ1n) is 24.3. The molecule has 0 radical (unpaired) electrons. The predicted molar refractivity (Wildman–Crippen MR) is 264 cm³/mol. The van der Waals surface area contributed by atoms with Gasteiger partial charge in [-0.25, -0.2) is 32.2 Å². The van der Waals surface area contributed by atoms with Crippen molar-refractivity contribution < 1.29 is 74.5 Å². The van der Waals surface area contributed by atoms with Crippen molar-refractivity contribution in [3.8, 4) is 17.1 Å². The van der Waals surface area contributed by atoms with Crippen molar-refractivity contribution >= 4 is 29.2 Å². The smallest absolute Gasteiger partial charge is 0.340 e. The van der Waals surface area contributed by atoms with E-state index in [9.17, 15) is 9.90 Å². The molecule has 6 aromatic rings. The minimum Gasteiger partial charge on any atom is -1.00 e. The lowest BCUT2D eigenvalue weighted by Gasteiger charge is -2.04. The number of rotatable bonds is 26. The number of aryl methyl sites for hydroxylation is 4. The van der Waals surface area contributed by atoms with Gasteiger partial charge in [0.25, 0.3) is 0 Å². The number of halogens is 5. The van der Waals surface area contributed by atoms with Gasteiger partial charge in [-0.1, -0.05) is 140 Å². The topological polar surface area (TPSA) is 63.7 Å². The van der Waals surface area contributed by atoms with E-state index in [4.69, 9.17) is 23.2 Å². The quantitative estimate of drug-likeness (QED) is 0.0618. The lowest BCUT2D eigenvalue weighted by molar-refractivity contribution is -0.696. The summed E-state index contributed by atoms with van der Waals surface area (Å²) in [6.07, 6.45) is 43.9. The van der Waals surface area contributed by atoms with Crippen molar-refractivity contribution in [2.24, 2.45) is 0 Å². The van der Waals surface area contributed by atoms with Crippen molar-refractivity contribution in [3.05, 3.63) is 144 Å². The molecule has 0 atom stereocenters. The van der Waals surface area contributed by atoms with E-state index in [2.05, 4.69) is 93.2 Å². The monoisotopic (exact) mass is 1150 g/mol. The zero-order chi connectivity index (χ0) is 45.8. The van der Waals surface area contributed by atoms with Crippen LogP contribution in [0.15, 0.2) is 123 Å². The molecule has 0 bridgehead atoms. The Labute approximate surface area is 444 Å². The molecular formula is C54H77Br3Cl2N6O2. The number of unbranched alkanes of at least 4 members (excludes halogenated alkanes) is 15. The third-order valence-electron chi connectivity index (χ3n) is 11.6. The molecule has 0 unspecified atom stereocenters. The zero-order valence-electron chi connectivity index (χ0n) is 40.5. The SMILES string of the molecule is CCCCCCCCCCCCCC[n+]1ccn(-c2ccc(Cl)cc2)c1.CCCCCCC[n+]1ccn(-c2ccc(Cl)cc2)c1.CCC[n+]1ccn(-c2ccc(CC)cc2C(=O)O)c1.[Br-].[Br-].[Br-]. The summed E-state index contributed by atoms with van der Waals surface area (Å²) in [5, 5.41) is 10.9. The first-order chi connectivity index (χ1) is 31.2. The summed E-state index contributed by atoms with van der Waals surface area (Å²) < 4.78 is 12.7. The lowest BCUT2D eigenvalue weighted by Crippen LogP contribution is -3.00. The van der Waals surface area contributed by atoms with Gasteiger partial charge >= 0.3 is 5.97 Å². The van der Waals surface area contributed by atoms with Crippen LogP contribution < -0.4 is 64.6 Å². The molecule has 0 spiro atoms. The number of hydrogen-bond acceptors (Lipinski definition) is 1. The molecule has 1 N–H and O–H groups in total. The number of aromatic nitrogens is 6. The second-order valence-corrected chi connectivity index (χ2v) is 17.8. The number of hydrogen-bond donors (Lipinski definition) is 1. The maximum absolute atomic E-state index is 11.4. The summed E-state index contributed by atoms with van der Waals surface area (Å²) in [4.78, 5) is 11.4. The van der Waals surface area contributed by atoms with Crippen LogP contribution in [-0.4, -0.2) is 24.8 Å². The maximum Gasteiger partial charge on any atom is 0.340 e. The van der Waals surface area contributed by atoms with Crippen LogP contribution in [0.4, 0.5) is 0 Å². The van der Waals surface area contributed by atoms with E-state index in [-0.39, 0.29) is 50.9 Å². The fourth-order valence-corrected chi connectivity index (χ4v) is 8.00. The van der Waals surface area contributed by atoms with E-state index in [0.29, 0.717) is 11.3 Å². The Bertz CT molecular complexity index is 2170. The Balaban J connectivity index is 0.000000500. The molecule has 0 fully saturated rings. The van der Waals surface area contributed by atoms with Crippen LogP contribution in [0.2, 0.25) is 10.0 Å². The average Bonchev–Trinajstić information content (AvgIpc) is 4.10. The van der Waals surface area contributed by atoms with Gasteiger partial charge < -0.3 is 56.1 Å². The number of nitrogens with zero attached hydrogens (tertiary/aromatic N) is 6. The molecule has 0 amide bonds. The minimum absolute atomic E-state index is 0. The summed E-state index contributed by atoms with van der Waals surface area (Å²) in [5.41, 5.74) is 4.39. The van der Waals surface area contributed by atoms with E-state index in [1.807, 2.05) is 78.7 Å². The van der Waals surface area contributed by atoms with Crippen molar-refractivity contribution in [2.75, 3.05) is 0 Å². The largest absolute Gasteiger partial charge is 1.00 e. The predicted octanol–water partition coefficient (Wildman–Crippen LogP) is 4.96. The van der Waals surface area contributed by atoms with Gasteiger partial charge in [0.15, 0.2) is 0 Å². The van der Waals surface area contributed by atoms with Gasteiger partial charge in [-0.2, -0.15) is 0 Å². The molecule has 0 saturated heterocycles. The molecule has 0 aliphatic carbocycles. The number of carboxylic acids is 1. The minimum atomic E-state index is -0.888. The fraction of sp³-hybridized carbons (Fsp3) is 0.481. The van der Waals surface area contributed by atoms with E-state index < -0.39 is 5.97 Å². The highest BCUT2D eigenvalue weighted by atomic mass is 79.9. The second-order valence-electron chi connectivity index (χ2n) is 16.9. The highest BCUT2D eigenvalue weighted by molar-refractivity contribution is 6.30. The molecule has 3 aromatic carbocycles. The van der Waals surface area contributed by atoms with Gasteiger partial charge in [0, 0.05) is 10.0 Å². The number of imidazole rings is 3. The first kappa shape index (κ1) is 61.8. The van der Waals surface area contributed by atoms with Crippen LogP contribution in [0, 0.1) is 0 Å². The molecule has 0 aliphatic heterocycles. The average molecular weight is 1150 g/mol. The van der Waals surface area contributed by atoms with Gasteiger partial charge in [-0.05, 0) is 105 Å². The normalized spacial score (nSPS) is 10.4. The maximum atomic E-state index is 11.4. The van der Waals surface area contributed by atoms with Gasteiger partial charge in [0.05, 0.1) is 19.6 Å². The molecular weight excluding hydrogens is 1080 g/mol. The molecule has 0 saturated carbocycles. The third-order valence-corrected chi connectivity index (χ3v) is 12.1. The van der Waals surface area contributed by atoms with Gasteiger partial charge in [-0.15, -0.1) is 0 Å². The van der Waals surface area contributed by atoms with Gasteiger partial charge in [0.2, 0.25) is 19.0 Å². The van der Waals surface area contributed by atoms with Crippen molar-refractivity contribution in [3.63, 3.8) is 0 Å². The molecule has 370 valence electrons. The van der Waals surface area contributed by atoms with Crippen LogP contribution in [0.25, 0.3) is 17.1 Å². The second kappa shape index (κ2) is 36.7. The standard InChI is InChI=1S/C23H36ClN2.C16H22ClN2.C15H18N2O2.3BrH/c1-2-3-4-5-6-7-8-9-10-11-12-13-18-25-19-20-26(21-25)23-16-14-22(24)15-17-23;1-2-3-4-5-6-11-18-12-13-19(14-18)16-9-7-15(17)8-10-16;1-3-7-16-8-9-17(11-16)14-6-5-12(4-2)10-13(14)15(18)19;;;/h14-17,19-21H,2-13,18H2,1H3;7-10,12-14H,2-6,11H2,1H3;5-6,8-11H,3-4,7H2,1-2H3;3*1H/q2*+1;;;;/p-2. The summed E-state index contributed by atoms with van der Waals surface area (Å²) in [7, 11) is 0. The molecule has 8 nitrogen and oxygen atoms in total. The van der Waals surface area contributed by atoms with Crippen LogP contribution in [0.3, 0.4) is 0 Å². The highest BCUT2D eigenvalue weighted by Gasteiger charge is 2.17. The number of benzene rings is 3. The Morgan fingerprint density at radius 1 is 0.478 bits per heavy atom. The van der Waals surface area contributed by atoms with Gasteiger partial charge in [-0.3, -0.25) is 0 Å². The molecule has 13 heteroatoms. The fourth-order valence-electron chi connectivity index (χ4n) is 7.74. The zero-order valence-corrected chi connectivity index (χ0v) is 46.8. The Hall–Kier alpha value is -3.22. The summed E-state index contributed by atoms with van der Waals surface area (Å²) in [5.74, 6) is -0.888. The van der Waals surface area contributed by atoms with Crippen LogP contribution >= 0.6 is 23.2 Å². The van der Waals surface area contributed by atoms with E-state index >= 15 is 0 Å².